The summed E-state index contributed by atoms with van der Waals surface area (Å²) in [4.78, 5) is 10.6. The molecule has 3 nitrogen and oxygen atoms in total. The van der Waals surface area contributed by atoms with E-state index in [9.17, 15) is 4.79 Å². The van der Waals surface area contributed by atoms with Gasteiger partial charge in [0.05, 0.1) is 5.60 Å². The number of Topliss-reactive ketones (excluding diaryl/α,β-unsaturated/α-hetero) is 1. The largest absolute Gasteiger partial charge is 0.387 e. The Balaban J connectivity index is 2.73. The van der Waals surface area contributed by atoms with E-state index in [1.165, 1.54) is 6.92 Å². The Labute approximate surface area is 53.3 Å². The molecule has 9 heavy (non-hydrogen) atoms. The summed E-state index contributed by atoms with van der Waals surface area (Å²) >= 11 is 0. The summed E-state index contributed by atoms with van der Waals surface area (Å²) in [6, 6.07) is 0. The topological polar surface area (TPSA) is 57.5 Å². The van der Waals surface area contributed by atoms with Gasteiger partial charge in [0.25, 0.3) is 0 Å². The lowest BCUT2D eigenvalue weighted by Crippen LogP contribution is -2.36. The Hall–Kier alpha value is -0.410. The molecule has 0 aliphatic heterocycles. The van der Waals surface area contributed by atoms with E-state index in [-0.39, 0.29) is 5.78 Å². The normalized spacial score (nSPS) is 43.9. The maximum absolute atomic E-state index is 10.6. The summed E-state index contributed by atoms with van der Waals surface area (Å²) < 4.78 is 0. The van der Waals surface area contributed by atoms with E-state index in [2.05, 4.69) is 0 Å². The van der Waals surface area contributed by atoms with Crippen LogP contribution in [0.3, 0.4) is 0 Å². The highest BCUT2D eigenvalue weighted by molar-refractivity contribution is 5.86. The first kappa shape index (κ1) is 6.71. The summed E-state index contributed by atoms with van der Waals surface area (Å²) in [5.74, 6) is -0.250. The van der Waals surface area contributed by atoms with Gasteiger partial charge in [-0.2, -0.15) is 0 Å². The summed E-state index contributed by atoms with van der Waals surface area (Å²) in [5, 5.41) is 18.1. The number of carbonyl (C=O) groups excluding carboxylic acids is 1. The fourth-order valence-corrected chi connectivity index (χ4v) is 0.997. The Morgan fingerprint density at radius 1 is 1.78 bits per heavy atom. The van der Waals surface area contributed by atoms with Gasteiger partial charge >= 0.3 is 0 Å². The van der Waals surface area contributed by atoms with Crippen molar-refractivity contribution >= 4 is 5.78 Å². The number of ketones is 1. The Kier molecular flexibility index (Phi) is 1.33. The monoisotopic (exact) mass is 130 g/mol. The summed E-state index contributed by atoms with van der Waals surface area (Å²) in [6.07, 6.45) is -0.473. The predicted molar refractivity (Wildman–Crippen MR) is 30.9 cm³/mol. The molecule has 0 aromatic carbocycles. The third kappa shape index (κ3) is 0.976. The van der Waals surface area contributed by atoms with E-state index in [0.29, 0.717) is 12.8 Å². The van der Waals surface area contributed by atoms with Crippen molar-refractivity contribution in [2.75, 3.05) is 0 Å². The average Bonchev–Trinajstić information content (AvgIpc) is 1.97. The SMILES string of the molecule is C[C@]1(O)CCC(=O)[C@H]1O. The van der Waals surface area contributed by atoms with Gasteiger partial charge in [-0.3, -0.25) is 4.79 Å². The summed E-state index contributed by atoms with van der Waals surface area (Å²) in [5.41, 5.74) is -1.17. The molecular formula is C6H10O3. The van der Waals surface area contributed by atoms with Crippen LogP contribution in [-0.4, -0.2) is 27.7 Å². The van der Waals surface area contributed by atoms with Crippen LogP contribution < -0.4 is 0 Å². The van der Waals surface area contributed by atoms with Crippen LogP contribution in [0, 0.1) is 0 Å². The zero-order chi connectivity index (χ0) is 7.07. The average molecular weight is 130 g/mol. The van der Waals surface area contributed by atoms with Crippen LogP contribution in [0.15, 0.2) is 0 Å². The van der Waals surface area contributed by atoms with E-state index in [0.717, 1.165) is 0 Å². The van der Waals surface area contributed by atoms with Crippen LogP contribution in [0.1, 0.15) is 19.8 Å². The molecular weight excluding hydrogens is 120 g/mol. The molecule has 0 heterocycles. The Morgan fingerprint density at radius 2 is 2.33 bits per heavy atom. The van der Waals surface area contributed by atoms with Crippen LogP contribution in [0.25, 0.3) is 0 Å². The Morgan fingerprint density at radius 3 is 2.44 bits per heavy atom. The van der Waals surface area contributed by atoms with Gasteiger partial charge < -0.3 is 10.2 Å². The molecule has 0 unspecified atom stereocenters. The molecule has 0 saturated heterocycles. The number of hydrogen-bond donors (Lipinski definition) is 2. The molecule has 3 heteroatoms. The molecule has 0 aromatic heterocycles. The van der Waals surface area contributed by atoms with Gasteiger partial charge in [-0.15, -0.1) is 0 Å². The van der Waals surface area contributed by atoms with Crippen molar-refractivity contribution in [2.45, 2.75) is 31.5 Å². The molecule has 0 radical (unpaired) electrons. The second kappa shape index (κ2) is 1.78. The summed E-state index contributed by atoms with van der Waals surface area (Å²) in [6.45, 7) is 1.47. The number of carbonyl (C=O) groups is 1. The number of aliphatic hydroxyl groups excluding tert-OH is 1. The highest BCUT2D eigenvalue weighted by Crippen LogP contribution is 2.26. The predicted octanol–water partition coefficient (Wildman–Crippen LogP) is -0.539. The highest BCUT2D eigenvalue weighted by atomic mass is 16.3. The van der Waals surface area contributed by atoms with Crippen LogP contribution in [-0.2, 0) is 4.79 Å². The molecule has 0 bridgehead atoms. The van der Waals surface area contributed by atoms with Crippen molar-refractivity contribution in [2.24, 2.45) is 0 Å². The van der Waals surface area contributed by atoms with Crippen LogP contribution >= 0.6 is 0 Å². The minimum Gasteiger partial charge on any atom is -0.387 e. The molecule has 1 aliphatic rings. The van der Waals surface area contributed by atoms with Crippen molar-refractivity contribution in [3.8, 4) is 0 Å². The zero-order valence-electron chi connectivity index (χ0n) is 5.29. The van der Waals surface area contributed by atoms with Gasteiger partial charge in [-0.05, 0) is 13.3 Å². The molecule has 0 spiro atoms. The van der Waals surface area contributed by atoms with Gasteiger partial charge in [0, 0.05) is 6.42 Å². The second-order valence-electron chi connectivity index (χ2n) is 2.73. The molecule has 0 amide bonds. The standard InChI is InChI=1S/C6H10O3/c1-6(9)3-2-4(7)5(6)8/h5,8-9H,2-3H2,1H3/t5-,6+/m1/s1. The number of hydrogen-bond acceptors (Lipinski definition) is 3. The van der Waals surface area contributed by atoms with Crippen LogP contribution in [0.5, 0.6) is 0 Å². The van der Waals surface area contributed by atoms with E-state index in [4.69, 9.17) is 10.2 Å². The maximum atomic E-state index is 10.6. The smallest absolute Gasteiger partial charge is 0.164 e. The Bertz CT molecular complexity index is 139. The zero-order valence-corrected chi connectivity index (χ0v) is 5.29. The van der Waals surface area contributed by atoms with Crippen molar-refractivity contribution < 1.29 is 15.0 Å². The molecule has 52 valence electrons. The number of aliphatic hydroxyl groups is 2. The van der Waals surface area contributed by atoms with E-state index in [1.807, 2.05) is 0 Å². The van der Waals surface area contributed by atoms with Crippen molar-refractivity contribution in [3.63, 3.8) is 0 Å². The fourth-order valence-electron chi connectivity index (χ4n) is 0.997. The van der Waals surface area contributed by atoms with Crippen molar-refractivity contribution in [1.82, 2.24) is 0 Å². The third-order valence-corrected chi connectivity index (χ3v) is 1.77. The first-order valence-corrected chi connectivity index (χ1v) is 2.97. The fraction of sp³-hybridized carbons (Fsp3) is 0.833. The molecule has 1 saturated carbocycles. The van der Waals surface area contributed by atoms with Gasteiger partial charge in [0.2, 0.25) is 0 Å². The molecule has 1 rings (SSSR count). The quantitative estimate of drug-likeness (QED) is 0.463. The highest BCUT2D eigenvalue weighted by Gasteiger charge is 2.41. The van der Waals surface area contributed by atoms with Crippen LogP contribution in [0.2, 0.25) is 0 Å². The lowest BCUT2D eigenvalue weighted by Gasteiger charge is -2.18. The van der Waals surface area contributed by atoms with Gasteiger partial charge in [0.1, 0.15) is 6.10 Å². The van der Waals surface area contributed by atoms with Crippen molar-refractivity contribution in [3.05, 3.63) is 0 Å². The summed E-state index contributed by atoms with van der Waals surface area (Å²) in [7, 11) is 0. The van der Waals surface area contributed by atoms with E-state index < -0.39 is 11.7 Å². The molecule has 1 fully saturated rings. The second-order valence-corrected chi connectivity index (χ2v) is 2.73. The molecule has 1 aliphatic carbocycles. The van der Waals surface area contributed by atoms with E-state index >= 15 is 0 Å². The first-order chi connectivity index (χ1) is 4.04. The van der Waals surface area contributed by atoms with Crippen LogP contribution in [0.4, 0.5) is 0 Å². The third-order valence-electron chi connectivity index (χ3n) is 1.77. The van der Waals surface area contributed by atoms with Gasteiger partial charge in [-0.25, -0.2) is 0 Å². The lowest BCUT2D eigenvalue weighted by atomic mass is 10.0. The molecule has 2 atom stereocenters. The number of rotatable bonds is 0. The van der Waals surface area contributed by atoms with Crippen molar-refractivity contribution in [1.29, 1.82) is 0 Å². The maximum Gasteiger partial charge on any atom is 0.164 e. The minimum absolute atomic E-state index is 0.250. The van der Waals surface area contributed by atoms with Gasteiger partial charge in [-0.1, -0.05) is 0 Å². The first-order valence-electron chi connectivity index (χ1n) is 2.97. The minimum atomic E-state index is -1.17. The van der Waals surface area contributed by atoms with E-state index in [1.54, 1.807) is 0 Å². The van der Waals surface area contributed by atoms with Gasteiger partial charge in [0.15, 0.2) is 5.78 Å². The molecule has 2 N–H and O–H groups in total. The lowest BCUT2D eigenvalue weighted by molar-refractivity contribution is -0.131. The molecule has 0 aromatic rings.